The van der Waals surface area contributed by atoms with Gasteiger partial charge in [0.1, 0.15) is 10.6 Å². The molecule has 14 heteroatoms. The van der Waals surface area contributed by atoms with Crippen molar-refractivity contribution in [2.45, 2.75) is 63.0 Å². The number of ether oxygens (including phenoxy) is 1. The number of methoxy groups -OCH3 is 1. The largest absolute Gasteiger partial charge is 0.481 e. The topological polar surface area (TPSA) is 134 Å². The van der Waals surface area contributed by atoms with E-state index in [4.69, 9.17) is 9.15 Å². The van der Waals surface area contributed by atoms with Crippen LogP contribution in [0.15, 0.2) is 34.7 Å². The number of benzene rings is 1. The Labute approximate surface area is 255 Å². The molecule has 3 fully saturated rings. The van der Waals surface area contributed by atoms with Crippen molar-refractivity contribution in [2.75, 3.05) is 54.4 Å². The summed E-state index contributed by atoms with van der Waals surface area (Å²) in [6, 6.07) is 8.55. The third-order valence-corrected chi connectivity index (χ3v) is 11.3. The zero-order valence-electron chi connectivity index (χ0n) is 25.1. The highest BCUT2D eigenvalue weighted by molar-refractivity contribution is 7.94. The van der Waals surface area contributed by atoms with Gasteiger partial charge in [-0.3, -0.25) is 4.72 Å². The van der Waals surface area contributed by atoms with Crippen LogP contribution >= 0.6 is 0 Å². The van der Waals surface area contributed by atoms with Crippen LogP contribution in [0, 0.1) is 5.41 Å². The van der Waals surface area contributed by atoms with Gasteiger partial charge < -0.3 is 24.1 Å². The van der Waals surface area contributed by atoms with Gasteiger partial charge in [-0.2, -0.15) is 4.98 Å². The molecule has 4 heterocycles. The molecule has 3 aliphatic rings. The van der Waals surface area contributed by atoms with E-state index in [2.05, 4.69) is 24.8 Å². The maximum Gasteiger partial charge on any atom is 0.251 e. The molecule has 0 radical (unpaired) electrons. The van der Waals surface area contributed by atoms with Gasteiger partial charge in [0.25, 0.3) is 5.92 Å². The Morgan fingerprint density at radius 3 is 2.27 bits per heavy atom. The standard InChI is InChI=1S/C30H38F2N6O5S/c1-28(2,19-39)44(40,41)36-21-4-5-22(23(18-21)37-12-8-29(6-7-29)9-13-37)27-35-34-26(43-27)20-16-24(33-25(17-20)42-3)38-14-10-30(31,32)11-15-38/h4-5,16-18,36,39H,6-15,19H2,1-3H3. The molecule has 0 unspecified atom stereocenters. The van der Waals surface area contributed by atoms with Crippen LogP contribution in [-0.4, -0.2) is 79.3 Å². The van der Waals surface area contributed by atoms with Crippen LogP contribution in [0.4, 0.5) is 26.0 Å². The molecule has 44 heavy (non-hydrogen) atoms. The lowest BCUT2D eigenvalue weighted by Gasteiger charge is -2.35. The molecule has 2 saturated heterocycles. The van der Waals surface area contributed by atoms with E-state index in [0.717, 1.165) is 31.6 Å². The molecule has 1 saturated carbocycles. The summed E-state index contributed by atoms with van der Waals surface area (Å²) < 4.78 is 66.4. The average molecular weight is 633 g/mol. The Hall–Kier alpha value is -3.52. The maximum absolute atomic E-state index is 13.8. The molecule has 3 aromatic rings. The lowest BCUT2D eigenvalue weighted by atomic mass is 9.93. The van der Waals surface area contributed by atoms with Crippen molar-refractivity contribution in [1.29, 1.82) is 0 Å². The highest BCUT2D eigenvalue weighted by Gasteiger charge is 2.45. The number of nitrogens with zero attached hydrogens (tertiary/aromatic N) is 5. The number of piperidine rings is 2. The van der Waals surface area contributed by atoms with Gasteiger partial charge in [-0.15, -0.1) is 10.2 Å². The van der Waals surface area contributed by atoms with Crippen molar-refractivity contribution in [3.8, 4) is 28.8 Å². The zero-order valence-corrected chi connectivity index (χ0v) is 26.0. The second-order valence-corrected chi connectivity index (χ2v) is 15.1. The Bertz CT molecular complexity index is 1620. The minimum absolute atomic E-state index is 0.160. The number of aliphatic hydroxyl groups excluding tert-OH is 1. The number of halogens is 2. The number of aliphatic hydroxyl groups is 1. The van der Waals surface area contributed by atoms with Crippen molar-refractivity contribution in [3.05, 3.63) is 30.3 Å². The lowest BCUT2D eigenvalue weighted by Crippen LogP contribution is -2.40. The van der Waals surface area contributed by atoms with Crippen molar-refractivity contribution in [1.82, 2.24) is 15.2 Å². The van der Waals surface area contributed by atoms with Gasteiger partial charge in [-0.25, -0.2) is 17.2 Å². The summed E-state index contributed by atoms with van der Waals surface area (Å²) in [5, 5.41) is 18.3. The van der Waals surface area contributed by atoms with Gasteiger partial charge in [0.2, 0.25) is 27.7 Å². The van der Waals surface area contributed by atoms with E-state index >= 15 is 0 Å². The molecule has 2 N–H and O–H groups in total. The van der Waals surface area contributed by atoms with Gasteiger partial charge in [-0.05, 0) is 69.2 Å². The van der Waals surface area contributed by atoms with Crippen LogP contribution in [0.2, 0.25) is 0 Å². The van der Waals surface area contributed by atoms with Crippen LogP contribution in [0.5, 0.6) is 5.88 Å². The number of hydrogen-bond acceptors (Lipinski definition) is 10. The van der Waals surface area contributed by atoms with E-state index in [9.17, 15) is 22.3 Å². The van der Waals surface area contributed by atoms with Gasteiger partial charge >= 0.3 is 0 Å². The number of anilines is 3. The fourth-order valence-electron chi connectivity index (χ4n) is 5.71. The SMILES string of the molecule is COc1cc(-c2nnc(-c3ccc(NS(=O)(=O)C(C)(C)CO)cc3N3CCC4(CC3)CC4)o2)cc(N2CCC(F)(F)CC2)n1. The minimum atomic E-state index is -3.89. The molecule has 0 bridgehead atoms. The Morgan fingerprint density at radius 2 is 1.64 bits per heavy atom. The second kappa shape index (κ2) is 11.1. The number of pyridine rings is 1. The molecular formula is C30H38F2N6O5S. The lowest BCUT2D eigenvalue weighted by molar-refractivity contribution is -0.0221. The average Bonchev–Trinajstić information content (AvgIpc) is 3.56. The quantitative estimate of drug-likeness (QED) is 0.334. The molecule has 6 rings (SSSR count). The zero-order chi connectivity index (χ0) is 31.3. The predicted molar refractivity (Wildman–Crippen MR) is 163 cm³/mol. The summed E-state index contributed by atoms with van der Waals surface area (Å²) in [5.74, 6) is -1.45. The monoisotopic (exact) mass is 632 g/mol. The number of sulfonamides is 1. The van der Waals surface area contributed by atoms with Crippen LogP contribution in [0.1, 0.15) is 52.4 Å². The van der Waals surface area contributed by atoms with E-state index in [-0.39, 0.29) is 37.7 Å². The summed E-state index contributed by atoms with van der Waals surface area (Å²) in [4.78, 5) is 8.47. The van der Waals surface area contributed by atoms with Gasteiger partial charge in [0.15, 0.2) is 0 Å². The molecule has 2 aromatic heterocycles. The first-order chi connectivity index (χ1) is 20.8. The molecule has 0 amide bonds. The molecule has 11 nitrogen and oxygen atoms in total. The Balaban J connectivity index is 1.33. The summed E-state index contributed by atoms with van der Waals surface area (Å²) in [6.07, 6.45) is 4.09. The molecule has 1 aliphatic carbocycles. The van der Waals surface area contributed by atoms with Gasteiger partial charge in [-0.1, -0.05) is 0 Å². The minimum Gasteiger partial charge on any atom is -0.481 e. The maximum atomic E-state index is 13.8. The van der Waals surface area contributed by atoms with E-state index < -0.39 is 27.3 Å². The number of hydrogen-bond donors (Lipinski definition) is 2. The third-order valence-electron chi connectivity index (χ3n) is 9.20. The summed E-state index contributed by atoms with van der Waals surface area (Å²) in [5.41, 5.74) is 2.75. The summed E-state index contributed by atoms with van der Waals surface area (Å²) >= 11 is 0. The van der Waals surface area contributed by atoms with Crippen LogP contribution in [0.25, 0.3) is 22.9 Å². The van der Waals surface area contributed by atoms with Crippen molar-refractivity contribution >= 4 is 27.2 Å². The summed E-state index contributed by atoms with van der Waals surface area (Å²) in [6.45, 7) is 4.34. The molecule has 1 spiro atoms. The smallest absolute Gasteiger partial charge is 0.251 e. The first-order valence-corrected chi connectivity index (χ1v) is 16.4. The normalized spacial score (nSPS) is 19.7. The van der Waals surface area contributed by atoms with Crippen LogP contribution in [0.3, 0.4) is 0 Å². The highest BCUT2D eigenvalue weighted by Crippen LogP contribution is 2.54. The number of nitrogens with one attached hydrogen (secondary N) is 1. The Morgan fingerprint density at radius 1 is 0.977 bits per heavy atom. The van der Waals surface area contributed by atoms with Crippen LogP contribution < -0.4 is 19.3 Å². The van der Waals surface area contributed by atoms with Crippen LogP contribution in [-0.2, 0) is 10.0 Å². The fourth-order valence-corrected chi connectivity index (χ4v) is 6.59. The fraction of sp³-hybridized carbons (Fsp3) is 0.567. The van der Waals surface area contributed by atoms with Crippen molar-refractivity contribution in [2.24, 2.45) is 5.41 Å². The molecule has 2 aliphatic heterocycles. The van der Waals surface area contributed by atoms with Gasteiger partial charge in [0, 0.05) is 50.7 Å². The third kappa shape index (κ3) is 6.06. The number of alkyl halides is 2. The summed E-state index contributed by atoms with van der Waals surface area (Å²) in [7, 11) is -2.41. The van der Waals surface area contributed by atoms with E-state index in [0.29, 0.717) is 33.9 Å². The number of aromatic nitrogens is 3. The second-order valence-electron chi connectivity index (χ2n) is 12.8. The predicted octanol–water partition coefficient (Wildman–Crippen LogP) is 4.94. The van der Waals surface area contributed by atoms with Crippen molar-refractivity contribution in [3.63, 3.8) is 0 Å². The van der Waals surface area contributed by atoms with Gasteiger partial charge in [0.05, 0.1) is 30.7 Å². The first kappa shape index (κ1) is 30.5. The van der Waals surface area contributed by atoms with E-state index in [1.807, 2.05) is 0 Å². The molecule has 1 aromatic carbocycles. The Kier molecular flexibility index (Phi) is 7.71. The van der Waals surface area contributed by atoms with E-state index in [1.54, 1.807) is 35.2 Å². The van der Waals surface area contributed by atoms with Crippen molar-refractivity contribution < 1.29 is 31.5 Å². The molecular weight excluding hydrogens is 594 g/mol. The first-order valence-electron chi connectivity index (χ1n) is 14.9. The highest BCUT2D eigenvalue weighted by atomic mass is 32.2. The molecule has 238 valence electrons. The number of rotatable bonds is 9. The molecule has 0 atom stereocenters. The van der Waals surface area contributed by atoms with E-state index in [1.165, 1.54) is 33.8 Å².